The summed E-state index contributed by atoms with van der Waals surface area (Å²) in [6, 6.07) is 5.48. The van der Waals surface area contributed by atoms with E-state index >= 15 is 0 Å². The van der Waals surface area contributed by atoms with E-state index in [0.717, 1.165) is 55.3 Å². The van der Waals surface area contributed by atoms with Gasteiger partial charge in [0.25, 0.3) is 0 Å². The number of piperidine rings is 1. The third-order valence-corrected chi connectivity index (χ3v) is 8.71. The Morgan fingerprint density at radius 2 is 1.74 bits per heavy atom. The quantitative estimate of drug-likeness (QED) is 0.591. The van der Waals surface area contributed by atoms with Crippen molar-refractivity contribution in [3.63, 3.8) is 0 Å². The van der Waals surface area contributed by atoms with E-state index in [2.05, 4.69) is 28.7 Å². The number of likely N-dealkylation sites (tertiary alicyclic amines) is 2. The van der Waals surface area contributed by atoms with Gasteiger partial charge in [0, 0.05) is 49.1 Å². The lowest BCUT2D eigenvalue weighted by Gasteiger charge is -2.45. The highest BCUT2D eigenvalue weighted by Gasteiger charge is 2.44. The minimum Gasteiger partial charge on any atom is -0.476 e. The van der Waals surface area contributed by atoms with Crippen LogP contribution in [-0.2, 0) is 12.7 Å². The highest BCUT2D eigenvalue weighted by molar-refractivity contribution is 5.86. The second-order valence-corrected chi connectivity index (χ2v) is 11.0. The van der Waals surface area contributed by atoms with Crippen LogP contribution in [0.3, 0.4) is 0 Å². The van der Waals surface area contributed by atoms with Crippen LogP contribution >= 0.6 is 0 Å². The van der Waals surface area contributed by atoms with E-state index < -0.39 is 17.7 Å². The number of benzene rings is 1. The van der Waals surface area contributed by atoms with E-state index in [9.17, 15) is 22.8 Å². The number of hydrogen-bond acceptors (Lipinski definition) is 5. The monoisotopic (exact) mass is 533 g/mol. The summed E-state index contributed by atoms with van der Waals surface area (Å²) >= 11 is 0. The fraction of sp³-hybridized carbons (Fsp3) is 0.593. The molecule has 3 saturated heterocycles. The number of aromatic carboxylic acids is 1. The molecule has 2 aromatic rings. The summed E-state index contributed by atoms with van der Waals surface area (Å²) in [6.07, 6.45) is 2.36. The highest BCUT2D eigenvalue weighted by Crippen LogP contribution is 2.43. The summed E-state index contributed by atoms with van der Waals surface area (Å²) in [7, 11) is 0. The number of carbonyl (C=O) groups excluding carboxylic acids is 1. The SMILES string of the molecule is CC1CC[C@@H](C)N1c1cc(C(F)(F)F)ccc1CN1CCCC12CCN(C(=O)n1ccc(C(=O)O)n1)CC2. The summed E-state index contributed by atoms with van der Waals surface area (Å²) in [5, 5.41) is 12.9. The molecule has 1 aromatic heterocycles. The van der Waals surface area contributed by atoms with E-state index in [0.29, 0.717) is 25.3 Å². The van der Waals surface area contributed by atoms with Crippen LogP contribution in [0.2, 0.25) is 0 Å². The van der Waals surface area contributed by atoms with Crippen molar-refractivity contribution in [1.82, 2.24) is 19.6 Å². The number of aromatic nitrogens is 2. The molecule has 206 valence electrons. The molecule has 3 fully saturated rings. The molecule has 1 N–H and O–H groups in total. The molecule has 4 heterocycles. The number of carbonyl (C=O) groups is 2. The Kier molecular flexibility index (Phi) is 6.91. The lowest BCUT2D eigenvalue weighted by atomic mass is 9.84. The molecule has 8 nitrogen and oxygen atoms in total. The first-order valence-electron chi connectivity index (χ1n) is 13.3. The van der Waals surface area contributed by atoms with Gasteiger partial charge in [-0.2, -0.15) is 23.0 Å². The maximum Gasteiger partial charge on any atom is 0.416 e. The maximum atomic E-state index is 13.6. The molecule has 0 bridgehead atoms. The molecule has 1 amide bonds. The van der Waals surface area contributed by atoms with Crippen LogP contribution in [0.4, 0.5) is 23.7 Å². The number of carboxylic acid groups (broad SMARTS) is 1. The van der Waals surface area contributed by atoms with Crippen molar-refractivity contribution < 1.29 is 27.9 Å². The van der Waals surface area contributed by atoms with Crippen molar-refractivity contribution in [2.75, 3.05) is 24.5 Å². The van der Waals surface area contributed by atoms with Crippen molar-refractivity contribution in [3.8, 4) is 0 Å². The zero-order valence-electron chi connectivity index (χ0n) is 21.7. The Morgan fingerprint density at radius 1 is 1.05 bits per heavy atom. The van der Waals surface area contributed by atoms with Crippen molar-refractivity contribution in [1.29, 1.82) is 0 Å². The van der Waals surface area contributed by atoms with Crippen LogP contribution in [0.25, 0.3) is 0 Å². The number of carboxylic acids is 1. The van der Waals surface area contributed by atoms with Crippen molar-refractivity contribution in [2.24, 2.45) is 0 Å². The molecule has 1 aromatic carbocycles. The summed E-state index contributed by atoms with van der Waals surface area (Å²) in [6.45, 7) is 6.61. The molecule has 0 saturated carbocycles. The molecule has 2 atom stereocenters. The molecule has 3 aliphatic rings. The Labute approximate surface area is 220 Å². The molecule has 11 heteroatoms. The number of nitrogens with zero attached hydrogens (tertiary/aromatic N) is 5. The van der Waals surface area contributed by atoms with Gasteiger partial charge in [-0.15, -0.1) is 0 Å². The third kappa shape index (κ3) is 4.88. The van der Waals surface area contributed by atoms with Crippen LogP contribution in [0.15, 0.2) is 30.5 Å². The molecule has 0 aliphatic carbocycles. The lowest BCUT2D eigenvalue weighted by Crippen LogP contribution is -2.53. The number of amides is 1. The zero-order valence-corrected chi connectivity index (χ0v) is 21.7. The smallest absolute Gasteiger partial charge is 0.416 e. The van der Waals surface area contributed by atoms with Crippen LogP contribution in [-0.4, -0.2) is 73.9 Å². The molecule has 3 aliphatic heterocycles. The second-order valence-electron chi connectivity index (χ2n) is 11.0. The van der Waals surface area contributed by atoms with E-state index in [1.807, 2.05) is 0 Å². The molecule has 38 heavy (non-hydrogen) atoms. The van der Waals surface area contributed by atoms with Crippen molar-refractivity contribution >= 4 is 17.7 Å². The molecular weight excluding hydrogens is 499 g/mol. The normalized spacial score (nSPS) is 23.9. The van der Waals surface area contributed by atoms with E-state index in [1.54, 1.807) is 11.0 Å². The van der Waals surface area contributed by atoms with Gasteiger partial charge < -0.3 is 14.9 Å². The topological polar surface area (TPSA) is 81.9 Å². The number of anilines is 1. The van der Waals surface area contributed by atoms with Crippen LogP contribution in [0.5, 0.6) is 0 Å². The van der Waals surface area contributed by atoms with Crippen molar-refractivity contribution in [3.05, 3.63) is 47.3 Å². The molecule has 5 rings (SSSR count). The van der Waals surface area contributed by atoms with Gasteiger partial charge in [-0.3, -0.25) is 4.90 Å². The molecule has 1 spiro atoms. The van der Waals surface area contributed by atoms with Gasteiger partial charge in [0.1, 0.15) is 0 Å². The minimum absolute atomic E-state index is 0.116. The third-order valence-electron chi connectivity index (χ3n) is 8.71. The summed E-state index contributed by atoms with van der Waals surface area (Å²) in [5.74, 6) is -1.18. The van der Waals surface area contributed by atoms with Gasteiger partial charge in [-0.25, -0.2) is 9.59 Å². The first kappa shape index (κ1) is 26.5. The van der Waals surface area contributed by atoms with Gasteiger partial charge in [0.05, 0.1) is 5.56 Å². The first-order valence-corrected chi connectivity index (χ1v) is 13.3. The standard InChI is InChI=1S/C27H34F3N5O3/c1-18-4-5-19(2)35(18)23-16-21(27(28,29)30)7-6-20(23)17-33-12-3-9-26(33)10-14-32(15-11-26)25(38)34-13-8-22(31-34)24(36)37/h6-8,13,16,18-19H,3-5,9-12,14-15,17H2,1-2H3,(H,36,37)/t18-,19?/m1/s1. The number of rotatable bonds is 4. The summed E-state index contributed by atoms with van der Waals surface area (Å²) in [4.78, 5) is 30.3. The van der Waals surface area contributed by atoms with E-state index in [4.69, 9.17) is 5.11 Å². The van der Waals surface area contributed by atoms with Gasteiger partial charge >= 0.3 is 18.2 Å². The average Bonchev–Trinajstić information content (AvgIpc) is 3.59. The van der Waals surface area contributed by atoms with Gasteiger partial charge in [-0.05, 0) is 82.7 Å². The van der Waals surface area contributed by atoms with Crippen LogP contribution < -0.4 is 4.90 Å². The van der Waals surface area contributed by atoms with Crippen LogP contribution in [0.1, 0.15) is 74.0 Å². The van der Waals surface area contributed by atoms with E-state index in [1.165, 1.54) is 24.4 Å². The highest BCUT2D eigenvalue weighted by atomic mass is 19.4. The second kappa shape index (κ2) is 9.91. The molecule has 1 unspecified atom stereocenters. The average molecular weight is 534 g/mol. The Balaban J connectivity index is 1.34. The Hall–Kier alpha value is -3.08. The molecular formula is C27H34F3N5O3. The Morgan fingerprint density at radius 3 is 2.34 bits per heavy atom. The lowest BCUT2D eigenvalue weighted by molar-refractivity contribution is -0.137. The zero-order chi connectivity index (χ0) is 27.2. The van der Waals surface area contributed by atoms with Gasteiger partial charge in [0.2, 0.25) is 0 Å². The largest absolute Gasteiger partial charge is 0.476 e. The summed E-state index contributed by atoms with van der Waals surface area (Å²) < 4.78 is 42.0. The maximum absolute atomic E-state index is 13.6. The van der Waals surface area contributed by atoms with Gasteiger partial charge in [-0.1, -0.05) is 6.07 Å². The number of hydrogen-bond donors (Lipinski definition) is 1. The molecule has 0 radical (unpaired) electrons. The number of halogens is 3. The minimum atomic E-state index is -4.40. The van der Waals surface area contributed by atoms with Gasteiger partial charge in [0.15, 0.2) is 5.69 Å². The number of alkyl halides is 3. The Bertz CT molecular complexity index is 1190. The first-order chi connectivity index (χ1) is 18.0. The predicted molar refractivity (Wildman–Crippen MR) is 135 cm³/mol. The van der Waals surface area contributed by atoms with Crippen LogP contribution in [0, 0.1) is 0 Å². The summed E-state index contributed by atoms with van der Waals surface area (Å²) in [5.41, 5.74) is 0.684. The van der Waals surface area contributed by atoms with E-state index in [-0.39, 0.29) is 29.3 Å². The fourth-order valence-electron chi connectivity index (χ4n) is 6.60. The van der Waals surface area contributed by atoms with Crippen molar-refractivity contribution in [2.45, 2.75) is 82.7 Å². The fourth-order valence-corrected chi connectivity index (χ4v) is 6.60. The predicted octanol–water partition coefficient (Wildman–Crippen LogP) is 5.08.